The van der Waals surface area contributed by atoms with Gasteiger partial charge in [-0.15, -0.1) is 0 Å². The van der Waals surface area contributed by atoms with E-state index in [-0.39, 0.29) is 11.1 Å². The van der Waals surface area contributed by atoms with Crippen LogP contribution in [0.4, 0.5) is 9.52 Å². The number of ether oxygens (including phenoxy) is 2. The minimum Gasteiger partial charge on any atom is -0.507 e. The summed E-state index contributed by atoms with van der Waals surface area (Å²) in [5, 5.41) is 11.5. The van der Waals surface area contributed by atoms with Crippen LogP contribution in [0.1, 0.15) is 17.2 Å². The maximum Gasteiger partial charge on any atom is 0.301 e. The lowest BCUT2D eigenvalue weighted by atomic mass is 9.95. The highest BCUT2D eigenvalue weighted by Crippen LogP contribution is 2.44. The topological polar surface area (TPSA) is 89.0 Å². The van der Waals surface area contributed by atoms with E-state index >= 15 is 0 Å². The number of methoxy groups -OCH3 is 1. The van der Waals surface area contributed by atoms with Crippen molar-refractivity contribution >= 4 is 44.1 Å². The van der Waals surface area contributed by atoms with E-state index in [1.807, 2.05) is 0 Å². The number of nitrogens with zero attached hydrogens (tertiary/aromatic N) is 2. The first-order valence-electron chi connectivity index (χ1n) is 11.3. The number of Topliss-reactive ketones (excluding diaryl/α,β-unsaturated/α-hetero) is 1. The lowest BCUT2D eigenvalue weighted by molar-refractivity contribution is -0.132. The van der Waals surface area contributed by atoms with Crippen LogP contribution in [0.15, 0.2) is 85.0 Å². The second-order valence-electron chi connectivity index (χ2n) is 8.17. The summed E-state index contributed by atoms with van der Waals surface area (Å²) in [5.74, 6) is -1.38. The van der Waals surface area contributed by atoms with E-state index in [1.54, 1.807) is 55.7 Å². The van der Waals surface area contributed by atoms with Crippen LogP contribution in [0.25, 0.3) is 16.0 Å². The minimum atomic E-state index is -0.971. The highest BCUT2D eigenvalue weighted by Gasteiger charge is 2.48. The maximum absolute atomic E-state index is 13.5. The van der Waals surface area contributed by atoms with E-state index in [9.17, 15) is 19.1 Å². The first kappa shape index (κ1) is 24.2. The third-order valence-electron chi connectivity index (χ3n) is 5.92. The number of hydrogen-bond acceptors (Lipinski definition) is 7. The zero-order valence-electron chi connectivity index (χ0n) is 19.7. The molecule has 4 aromatic rings. The van der Waals surface area contributed by atoms with Crippen molar-refractivity contribution in [2.45, 2.75) is 6.04 Å². The molecule has 2 heterocycles. The smallest absolute Gasteiger partial charge is 0.301 e. The van der Waals surface area contributed by atoms with E-state index < -0.39 is 29.3 Å². The van der Waals surface area contributed by atoms with Gasteiger partial charge >= 0.3 is 5.91 Å². The Hall–Kier alpha value is -4.50. The highest BCUT2D eigenvalue weighted by atomic mass is 32.1. The molecular weight excluding hydrogens is 495 g/mol. The number of thiazole rings is 1. The van der Waals surface area contributed by atoms with Gasteiger partial charge in [-0.05, 0) is 60.2 Å². The Kier molecular flexibility index (Phi) is 6.45. The largest absolute Gasteiger partial charge is 0.507 e. The molecule has 186 valence electrons. The van der Waals surface area contributed by atoms with Gasteiger partial charge in [-0.3, -0.25) is 14.5 Å². The molecule has 1 saturated heterocycles. The number of amides is 1. The van der Waals surface area contributed by atoms with E-state index in [2.05, 4.69) is 11.6 Å². The van der Waals surface area contributed by atoms with E-state index in [1.165, 1.54) is 40.5 Å². The van der Waals surface area contributed by atoms with Crippen molar-refractivity contribution < 1.29 is 28.6 Å². The van der Waals surface area contributed by atoms with E-state index in [0.717, 1.165) is 4.70 Å². The number of carbonyl (C=O) groups is 2. The minimum absolute atomic E-state index is 0.117. The Bertz CT molecular complexity index is 1540. The Morgan fingerprint density at radius 3 is 2.49 bits per heavy atom. The molecule has 0 saturated carbocycles. The molecule has 1 fully saturated rings. The van der Waals surface area contributed by atoms with Crippen molar-refractivity contribution in [1.82, 2.24) is 4.98 Å². The van der Waals surface area contributed by atoms with Gasteiger partial charge in [-0.2, -0.15) is 0 Å². The SMILES string of the molecule is C=CCOc1ccc(C2/C(=C(\O)c3ccc(F)cc3)C(=O)C(=O)N2c2nc3ccc(OC)cc3s2)cc1. The van der Waals surface area contributed by atoms with Crippen molar-refractivity contribution in [3.63, 3.8) is 0 Å². The third-order valence-corrected chi connectivity index (χ3v) is 6.93. The molecule has 0 bridgehead atoms. The van der Waals surface area contributed by atoms with Gasteiger partial charge in [0.1, 0.15) is 29.7 Å². The summed E-state index contributed by atoms with van der Waals surface area (Å²) in [6, 6.07) is 16.3. The van der Waals surface area contributed by atoms with Gasteiger partial charge in [0.25, 0.3) is 5.78 Å². The first-order valence-corrected chi connectivity index (χ1v) is 12.1. The van der Waals surface area contributed by atoms with Gasteiger partial charge in [0.2, 0.25) is 0 Å². The van der Waals surface area contributed by atoms with Crippen LogP contribution in [0.2, 0.25) is 0 Å². The number of aliphatic hydroxyl groups excluding tert-OH is 1. The molecule has 1 atom stereocenters. The Morgan fingerprint density at radius 1 is 1.11 bits per heavy atom. The number of halogens is 1. The summed E-state index contributed by atoms with van der Waals surface area (Å²) in [4.78, 5) is 32.6. The number of ketones is 1. The van der Waals surface area contributed by atoms with Crippen LogP contribution in [-0.2, 0) is 9.59 Å². The highest BCUT2D eigenvalue weighted by molar-refractivity contribution is 7.22. The number of fused-ring (bicyclic) bond motifs is 1. The normalized spacial score (nSPS) is 16.8. The van der Waals surface area contributed by atoms with E-state index in [4.69, 9.17) is 9.47 Å². The Labute approximate surface area is 215 Å². The van der Waals surface area contributed by atoms with Gasteiger partial charge in [-0.25, -0.2) is 9.37 Å². The number of anilines is 1. The lowest BCUT2D eigenvalue weighted by Crippen LogP contribution is -2.29. The molecule has 0 aliphatic carbocycles. The summed E-state index contributed by atoms with van der Waals surface area (Å²) < 4.78 is 25.1. The number of aromatic nitrogens is 1. The Morgan fingerprint density at radius 2 is 1.81 bits per heavy atom. The van der Waals surface area contributed by atoms with Crippen molar-refractivity contribution in [1.29, 1.82) is 0 Å². The molecule has 0 radical (unpaired) electrons. The average Bonchev–Trinajstić information content (AvgIpc) is 3.45. The molecule has 1 aromatic heterocycles. The van der Waals surface area contributed by atoms with Gasteiger partial charge < -0.3 is 14.6 Å². The fourth-order valence-electron chi connectivity index (χ4n) is 4.13. The van der Waals surface area contributed by atoms with Crippen molar-refractivity contribution in [3.8, 4) is 11.5 Å². The van der Waals surface area contributed by atoms with Crippen molar-refractivity contribution in [2.24, 2.45) is 0 Å². The summed E-state index contributed by atoms with van der Waals surface area (Å²) >= 11 is 1.23. The molecular formula is C28H21FN2O5S. The van der Waals surface area contributed by atoms with E-state index in [0.29, 0.717) is 34.3 Å². The second-order valence-corrected chi connectivity index (χ2v) is 9.18. The second kappa shape index (κ2) is 9.87. The number of carbonyl (C=O) groups excluding carboxylic acids is 2. The zero-order valence-corrected chi connectivity index (χ0v) is 20.5. The van der Waals surface area contributed by atoms with Crippen LogP contribution in [0, 0.1) is 5.82 Å². The molecule has 1 amide bonds. The molecule has 1 unspecified atom stereocenters. The predicted molar refractivity (Wildman–Crippen MR) is 139 cm³/mol. The summed E-state index contributed by atoms with van der Waals surface area (Å²) in [6.07, 6.45) is 1.62. The quantitative estimate of drug-likeness (QED) is 0.148. The summed E-state index contributed by atoms with van der Waals surface area (Å²) in [5.41, 5.74) is 1.29. The molecule has 37 heavy (non-hydrogen) atoms. The number of hydrogen-bond donors (Lipinski definition) is 1. The molecule has 5 rings (SSSR count). The zero-order chi connectivity index (χ0) is 26.1. The Balaban J connectivity index is 1.67. The number of aliphatic hydroxyl groups is 1. The van der Waals surface area contributed by atoms with Crippen LogP contribution >= 0.6 is 11.3 Å². The molecule has 0 spiro atoms. The predicted octanol–water partition coefficient (Wildman–Crippen LogP) is 5.64. The van der Waals surface area contributed by atoms with Gasteiger partial charge in [0.05, 0.1) is 28.9 Å². The van der Waals surface area contributed by atoms with Gasteiger partial charge in [0.15, 0.2) is 5.13 Å². The molecule has 1 aliphatic heterocycles. The van der Waals surface area contributed by atoms with Gasteiger partial charge in [0, 0.05) is 5.56 Å². The van der Waals surface area contributed by atoms with Crippen molar-refractivity contribution in [3.05, 3.63) is 102 Å². The van der Waals surface area contributed by atoms with Crippen LogP contribution in [0.3, 0.4) is 0 Å². The summed E-state index contributed by atoms with van der Waals surface area (Å²) in [7, 11) is 1.56. The molecule has 1 N–H and O–H groups in total. The summed E-state index contributed by atoms with van der Waals surface area (Å²) in [6.45, 7) is 3.95. The van der Waals surface area contributed by atoms with Crippen LogP contribution in [-0.4, -0.2) is 35.5 Å². The standard InChI is InChI=1S/C28H21FN2O5S/c1-3-14-36-19-10-6-16(7-11-19)24-23(25(32)17-4-8-18(29)9-5-17)26(33)27(34)31(24)28-30-21-13-12-20(35-2)15-22(21)37-28/h3-13,15,24,32H,1,14H2,2H3/b25-23+. The lowest BCUT2D eigenvalue weighted by Gasteiger charge is -2.23. The third kappa shape index (κ3) is 4.45. The number of rotatable bonds is 7. The maximum atomic E-state index is 13.5. The van der Waals surface area contributed by atoms with Crippen molar-refractivity contribution in [2.75, 3.05) is 18.6 Å². The monoisotopic (exact) mass is 516 g/mol. The van der Waals surface area contributed by atoms with Gasteiger partial charge in [-0.1, -0.05) is 36.1 Å². The fourth-order valence-corrected chi connectivity index (χ4v) is 5.15. The molecule has 1 aliphatic rings. The number of benzene rings is 3. The molecule has 3 aromatic carbocycles. The van der Waals surface area contributed by atoms with Crippen LogP contribution in [0.5, 0.6) is 11.5 Å². The fraction of sp³-hybridized carbons (Fsp3) is 0.107. The molecule has 9 heteroatoms. The molecule has 7 nitrogen and oxygen atoms in total. The average molecular weight is 517 g/mol. The first-order chi connectivity index (χ1) is 17.9. The van der Waals surface area contributed by atoms with Crippen LogP contribution < -0.4 is 14.4 Å².